The highest BCUT2D eigenvalue weighted by atomic mass is 19.4. The predicted octanol–water partition coefficient (Wildman–Crippen LogP) is 5.05. The van der Waals surface area contributed by atoms with E-state index in [0.29, 0.717) is 22.5 Å². The van der Waals surface area contributed by atoms with Crippen LogP contribution in [0.15, 0.2) is 54.6 Å². The number of rotatable bonds is 3. The molecule has 5 nitrogen and oxygen atoms in total. The van der Waals surface area contributed by atoms with Crippen molar-refractivity contribution in [3.63, 3.8) is 0 Å². The monoisotopic (exact) mass is 359 g/mol. The van der Waals surface area contributed by atoms with Crippen molar-refractivity contribution in [1.29, 1.82) is 0 Å². The van der Waals surface area contributed by atoms with E-state index in [1.54, 1.807) is 25.1 Å². The summed E-state index contributed by atoms with van der Waals surface area (Å²) in [6, 6.07) is 12.2. The van der Waals surface area contributed by atoms with Crippen molar-refractivity contribution in [2.24, 2.45) is 0 Å². The number of non-ortho nitro benzene ring substituents is 1. The van der Waals surface area contributed by atoms with Gasteiger partial charge in [0, 0.05) is 29.0 Å². The number of hydrogen-bond acceptors (Lipinski definition) is 4. The zero-order valence-electron chi connectivity index (χ0n) is 13.5. The number of nitrogens with zero attached hydrogens (tertiary/aromatic N) is 3. The van der Waals surface area contributed by atoms with Crippen molar-refractivity contribution < 1.29 is 18.1 Å². The lowest BCUT2D eigenvalue weighted by molar-refractivity contribution is -0.384. The van der Waals surface area contributed by atoms with Crippen LogP contribution in [-0.2, 0) is 6.18 Å². The minimum absolute atomic E-state index is 0.0394. The van der Waals surface area contributed by atoms with Crippen LogP contribution in [-0.4, -0.2) is 14.9 Å². The number of halogens is 3. The van der Waals surface area contributed by atoms with Crippen LogP contribution < -0.4 is 0 Å². The standard InChI is InChI=1S/C18H12F3N3O2/c1-11-10-16(12-4-8-15(9-5-12)24(25)26)23-17(22-11)13-2-6-14(7-3-13)18(19,20)21/h2-10H,1H3. The van der Waals surface area contributed by atoms with Crippen molar-refractivity contribution in [3.8, 4) is 22.6 Å². The summed E-state index contributed by atoms with van der Waals surface area (Å²) in [6.45, 7) is 1.74. The predicted molar refractivity (Wildman–Crippen MR) is 89.3 cm³/mol. The third kappa shape index (κ3) is 3.69. The summed E-state index contributed by atoms with van der Waals surface area (Å²) in [5, 5.41) is 10.7. The van der Waals surface area contributed by atoms with E-state index in [1.165, 1.54) is 24.3 Å². The summed E-state index contributed by atoms with van der Waals surface area (Å²) < 4.78 is 38.0. The molecule has 132 valence electrons. The maximum atomic E-state index is 12.7. The highest BCUT2D eigenvalue weighted by Gasteiger charge is 2.30. The van der Waals surface area contributed by atoms with Gasteiger partial charge in [0.2, 0.25) is 0 Å². The van der Waals surface area contributed by atoms with E-state index in [-0.39, 0.29) is 11.5 Å². The molecule has 0 saturated heterocycles. The van der Waals surface area contributed by atoms with Crippen molar-refractivity contribution >= 4 is 5.69 Å². The summed E-state index contributed by atoms with van der Waals surface area (Å²) in [7, 11) is 0. The minimum atomic E-state index is -4.41. The van der Waals surface area contributed by atoms with E-state index in [0.717, 1.165) is 12.1 Å². The molecule has 0 amide bonds. The van der Waals surface area contributed by atoms with Crippen molar-refractivity contribution in [1.82, 2.24) is 9.97 Å². The molecule has 0 spiro atoms. The Balaban J connectivity index is 1.98. The number of nitro groups is 1. The van der Waals surface area contributed by atoms with Gasteiger partial charge >= 0.3 is 6.18 Å². The van der Waals surface area contributed by atoms with Crippen LogP contribution in [0.3, 0.4) is 0 Å². The van der Waals surface area contributed by atoms with E-state index in [9.17, 15) is 23.3 Å². The Kier molecular flexibility index (Phi) is 4.41. The molecule has 26 heavy (non-hydrogen) atoms. The lowest BCUT2D eigenvalue weighted by Gasteiger charge is -2.09. The normalized spacial score (nSPS) is 11.4. The van der Waals surface area contributed by atoms with E-state index < -0.39 is 16.7 Å². The zero-order valence-corrected chi connectivity index (χ0v) is 13.5. The van der Waals surface area contributed by atoms with Gasteiger partial charge in [0.05, 0.1) is 16.2 Å². The SMILES string of the molecule is Cc1cc(-c2ccc([N+](=O)[O-])cc2)nc(-c2ccc(C(F)(F)F)cc2)n1. The van der Waals surface area contributed by atoms with Crippen LogP contribution in [0.2, 0.25) is 0 Å². The maximum Gasteiger partial charge on any atom is 0.416 e. The van der Waals surface area contributed by atoms with Gasteiger partial charge in [0.15, 0.2) is 5.82 Å². The molecule has 1 aromatic heterocycles. The van der Waals surface area contributed by atoms with Gasteiger partial charge in [-0.05, 0) is 37.3 Å². The lowest BCUT2D eigenvalue weighted by atomic mass is 10.1. The van der Waals surface area contributed by atoms with Crippen molar-refractivity contribution in [2.45, 2.75) is 13.1 Å². The molecule has 0 fully saturated rings. The Morgan fingerprint density at radius 2 is 1.50 bits per heavy atom. The van der Waals surface area contributed by atoms with E-state index in [2.05, 4.69) is 9.97 Å². The van der Waals surface area contributed by atoms with Crippen LogP contribution in [0.25, 0.3) is 22.6 Å². The van der Waals surface area contributed by atoms with E-state index >= 15 is 0 Å². The molecular formula is C18H12F3N3O2. The Morgan fingerprint density at radius 3 is 2.04 bits per heavy atom. The number of aryl methyl sites for hydroxylation is 1. The van der Waals surface area contributed by atoms with Gasteiger partial charge in [-0.1, -0.05) is 12.1 Å². The third-order valence-corrected chi connectivity index (χ3v) is 3.70. The van der Waals surface area contributed by atoms with Gasteiger partial charge in [0.1, 0.15) is 0 Å². The molecule has 0 bridgehead atoms. The topological polar surface area (TPSA) is 68.9 Å². The third-order valence-electron chi connectivity index (χ3n) is 3.70. The molecule has 8 heteroatoms. The molecule has 0 aliphatic rings. The summed E-state index contributed by atoms with van der Waals surface area (Å²) in [5.74, 6) is 0.284. The Labute approximate surface area is 146 Å². The molecule has 3 aromatic rings. The van der Waals surface area contributed by atoms with Crippen LogP contribution >= 0.6 is 0 Å². The fraction of sp³-hybridized carbons (Fsp3) is 0.111. The van der Waals surface area contributed by atoms with Crippen LogP contribution in [0.1, 0.15) is 11.3 Å². The number of nitro benzene ring substituents is 1. The quantitative estimate of drug-likeness (QED) is 0.485. The molecule has 1 heterocycles. The molecule has 0 aliphatic heterocycles. The second-order valence-electron chi connectivity index (χ2n) is 5.60. The zero-order chi connectivity index (χ0) is 18.9. The minimum Gasteiger partial charge on any atom is -0.258 e. The molecule has 0 atom stereocenters. The first kappa shape index (κ1) is 17.5. The summed E-state index contributed by atoms with van der Waals surface area (Å²) in [4.78, 5) is 18.9. The van der Waals surface area contributed by atoms with Crippen molar-refractivity contribution in [2.75, 3.05) is 0 Å². The summed E-state index contributed by atoms with van der Waals surface area (Å²) in [5.41, 5.74) is 1.47. The smallest absolute Gasteiger partial charge is 0.258 e. The Hall–Kier alpha value is -3.29. The molecule has 2 aromatic carbocycles. The number of aromatic nitrogens is 2. The van der Waals surface area contributed by atoms with Gasteiger partial charge in [-0.3, -0.25) is 10.1 Å². The average Bonchev–Trinajstić information content (AvgIpc) is 2.60. The van der Waals surface area contributed by atoms with Gasteiger partial charge in [0.25, 0.3) is 5.69 Å². The highest BCUT2D eigenvalue weighted by Crippen LogP contribution is 2.31. The van der Waals surface area contributed by atoms with Gasteiger partial charge < -0.3 is 0 Å². The lowest BCUT2D eigenvalue weighted by Crippen LogP contribution is -2.04. The molecule has 0 unspecified atom stereocenters. The largest absolute Gasteiger partial charge is 0.416 e. The van der Waals surface area contributed by atoms with Crippen LogP contribution in [0, 0.1) is 17.0 Å². The molecule has 0 N–H and O–H groups in total. The summed E-state index contributed by atoms with van der Waals surface area (Å²) >= 11 is 0. The first-order valence-corrected chi connectivity index (χ1v) is 7.52. The van der Waals surface area contributed by atoms with E-state index in [1.807, 2.05) is 0 Å². The van der Waals surface area contributed by atoms with Crippen LogP contribution in [0.4, 0.5) is 18.9 Å². The van der Waals surface area contributed by atoms with Crippen molar-refractivity contribution in [3.05, 3.63) is 76.0 Å². The molecule has 3 rings (SSSR count). The second kappa shape index (κ2) is 6.55. The number of benzene rings is 2. The Morgan fingerprint density at radius 1 is 0.923 bits per heavy atom. The van der Waals surface area contributed by atoms with E-state index in [4.69, 9.17) is 0 Å². The second-order valence-corrected chi connectivity index (χ2v) is 5.60. The molecule has 0 aliphatic carbocycles. The average molecular weight is 359 g/mol. The Bertz CT molecular complexity index is 953. The number of hydrogen-bond donors (Lipinski definition) is 0. The van der Waals surface area contributed by atoms with Gasteiger partial charge in [-0.25, -0.2) is 9.97 Å². The van der Waals surface area contributed by atoms with Gasteiger partial charge in [-0.2, -0.15) is 13.2 Å². The van der Waals surface area contributed by atoms with Gasteiger partial charge in [-0.15, -0.1) is 0 Å². The molecule has 0 radical (unpaired) electrons. The highest BCUT2D eigenvalue weighted by molar-refractivity contribution is 5.65. The fourth-order valence-electron chi connectivity index (χ4n) is 2.41. The first-order chi connectivity index (χ1) is 12.2. The molecule has 0 saturated carbocycles. The fourth-order valence-corrected chi connectivity index (χ4v) is 2.41. The van der Waals surface area contributed by atoms with Crippen LogP contribution in [0.5, 0.6) is 0 Å². The first-order valence-electron chi connectivity index (χ1n) is 7.52. The molecular weight excluding hydrogens is 347 g/mol. The summed E-state index contributed by atoms with van der Waals surface area (Å²) in [6.07, 6.45) is -4.41. The maximum absolute atomic E-state index is 12.7. The number of alkyl halides is 3.